The van der Waals surface area contributed by atoms with E-state index in [1.807, 2.05) is 47.8 Å². The molecule has 8 nitrogen and oxygen atoms in total. The summed E-state index contributed by atoms with van der Waals surface area (Å²) < 4.78 is 32.9. The monoisotopic (exact) mass is 482 g/mol. The van der Waals surface area contributed by atoms with Crippen LogP contribution in [0.2, 0.25) is 0 Å². The highest BCUT2D eigenvalue weighted by Gasteiger charge is 2.30. The number of carbonyl (C=O) groups is 1. The summed E-state index contributed by atoms with van der Waals surface area (Å²) in [6.07, 6.45) is 0.594. The van der Waals surface area contributed by atoms with E-state index in [4.69, 9.17) is 4.52 Å². The molecule has 10 heteroatoms. The predicted octanol–water partition coefficient (Wildman–Crippen LogP) is 3.42. The minimum absolute atomic E-state index is 0.0476. The van der Waals surface area contributed by atoms with Gasteiger partial charge >= 0.3 is 0 Å². The average Bonchev–Trinajstić information content (AvgIpc) is 3.54. The van der Waals surface area contributed by atoms with E-state index in [9.17, 15) is 13.2 Å². The van der Waals surface area contributed by atoms with Gasteiger partial charge in [-0.3, -0.25) is 4.79 Å². The lowest BCUT2D eigenvalue weighted by Gasteiger charge is -2.34. The number of thiophene rings is 1. The van der Waals surface area contributed by atoms with Gasteiger partial charge in [0.25, 0.3) is 0 Å². The molecule has 0 N–H and O–H groups in total. The smallest absolute Gasteiger partial charge is 0.243 e. The molecule has 1 amide bonds. The third kappa shape index (κ3) is 4.54. The van der Waals surface area contributed by atoms with Crippen molar-refractivity contribution >= 4 is 38.0 Å². The fraction of sp³-hybridized carbons (Fsp3) is 0.261. The van der Waals surface area contributed by atoms with Gasteiger partial charge in [-0.05, 0) is 34.4 Å². The summed E-state index contributed by atoms with van der Waals surface area (Å²) in [5.41, 5.74) is 0. The summed E-state index contributed by atoms with van der Waals surface area (Å²) in [5.74, 6) is 0.901. The Hall–Kier alpha value is -3.08. The van der Waals surface area contributed by atoms with Crippen molar-refractivity contribution < 1.29 is 17.7 Å². The van der Waals surface area contributed by atoms with Crippen LogP contribution in [0, 0.1) is 0 Å². The number of sulfonamides is 1. The molecule has 0 spiro atoms. The molecule has 1 aliphatic heterocycles. The van der Waals surface area contributed by atoms with E-state index in [1.165, 1.54) is 15.6 Å². The molecule has 2 aromatic heterocycles. The van der Waals surface area contributed by atoms with Gasteiger partial charge in [-0.25, -0.2) is 8.42 Å². The first-order valence-electron chi connectivity index (χ1n) is 10.6. The molecule has 4 aromatic rings. The Morgan fingerprint density at radius 3 is 2.55 bits per heavy atom. The van der Waals surface area contributed by atoms with Crippen LogP contribution < -0.4 is 0 Å². The Morgan fingerprint density at radius 2 is 1.79 bits per heavy atom. The molecule has 0 radical (unpaired) electrons. The van der Waals surface area contributed by atoms with Gasteiger partial charge in [-0.1, -0.05) is 41.6 Å². The molecular formula is C23H22N4O4S2. The first-order chi connectivity index (χ1) is 16.0. The number of piperazine rings is 1. The van der Waals surface area contributed by atoms with E-state index >= 15 is 0 Å². The molecule has 170 valence electrons. The van der Waals surface area contributed by atoms with Crippen molar-refractivity contribution in [2.45, 2.75) is 17.7 Å². The van der Waals surface area contributed by atoms with Gasteiger partial charge in [0.2, 0.25) is 27.6 Å². The van der Waals surface area contributed by atoms with Crippen molar-refractivity contribution in [1.29, 1.82) is 0 Å². The fourth-order valence-corrected chi connectivity index (χ4v) is 6.00. The van der Waals surface area contributed by atoms with Crippen molar-refractivity contribution in [1.82, 2.24) is 19.3 Å². The molecule has 1 saturated heterocycles. The largest absolute Gasteiger partial charge is 0.340 e. The summed E-state index contributed by atoms with van der Waals surface area (Å²) in [6, 6.07) is 16.7. The number of aromatic nitrogens is 2. The summed E-state index contributed by atoms with van der Waals surface area (Å²) in [5, 5.41) is 7.78. The van der Waals surface area contributed by atoms with E-state index in [-0.39, 0.29) is 30.3 Å². The Balaban J connectivity index is 1.17. The lowest BCUT2D eigenvalue weighted by atomic mass is 10.1. The lowest BCUT2D eigenvalue weighted by molar-refractivity contribution is -0.132. The minimum Gasteiger partial charge on any atom is -0.340 e. The number of amides is 1. The van der Waals surface area contributed by atoms with Gasteiger partial charge in [0.15, 0.2) is 0 Å². The SMILES string of the molecule is O=C(CCc1nc(-c2cccs2)no1)N1CCN(S(=O)(=O)c2ccc3ccccc3c2)CC1. The third-order valence-corrected chi connectivity index (χ3v) is 8.47. The maximum absolute atomic E-state index is 13.1. The van der Waals surface area contributed by atoms with Crippen LogP contribution in [0.25, 0.3) is 21.5 Å². The highest BCUT2D eigenvalue weighted by Crippen LogP contribution is 2.24. The standard InChI is InChI=1S/C23H22N4O4S2/c28-22(10-9-21-24-23(25-31-21)20-6-3-15-32-20)26-11-13-27(14-12-26)33(29,30)19-8-7-17-4-1-2-5-18(17)16-19/h1-8,15-16H,9-14H2. The van der Waals surface area contributed by atoms with Crippen LogP contribution in [0.3, 0.4) is 0 Å². The molecule has 0 unspecified atom stereocenters. The second-order valence-electron chi connectivity index (χ2n) is 7.78. The Bertz CT molecular complexity index is 1370. The minimum atomic E-state index is -3.61. The second-order valence-corrected chi connectivity index (χ2v) is 10.7. The van der Waals surface area contributed by atoms with Crippen LogP contribution >= 0.6 is 11.3 Å². The average molecular weight is 483 g/mol. The number of hydrogen-bond acceptors (Lipinski definition) is 7. The summed E-state index contributed by atoms with van der Waals surface area (Å²) in [7, 11) is -3.61. The van der Waals surface area contributed by atoms with Crippen LogP contribution in [-0.2, 0) is 21.2 Å². The molecule has 1 fully saturated rings. The second kappa shape index (κ2) is 9.05. The summed E-state index contributed by atoms with van der Waals surface area (Å²) in [4.78, 5) is 19.9. The van der Waals surface area contributed by atoms with Gasteiger partial charge in [0.05, 0.1) is 9.77 Å². The van der Waals surface area contributed by atoms with E-state index in [0.717, 1.165) is 15.6 Å². The number of rotatable bonds is 6. The Labute approximate surface area is 195 Å². The summed E-state index contributed by atoms with van der Waals surface area (Å²) >= 11 is 1.52. The van der Waals surface area contributed by atoms with Crippen molar-refractivity contribution in [2.24, 2.45) is 0 Å². The number of carbonyl (C=O) groups excluding carboxylic acids is 1. The van der Waals surface area contributed by atoms with Gasteiger partial charge in [-0.15, -0.1) is 11.3 Å². The normalized spacial score (nSPS) is 15.2. The molecule has 0 atom stereocenters. The van der Waals surface area contributed by atoms with Crippen LogP contribution in [0.5, 0.6) is 0 Å². The predicted molar refractivity (Wildman–Crippen MR) is 125 cm³/mol. The van der Waals surface area contributed by atoms with Crippen LogP contribution in [0.15, 0.2) is 69.4 Å². The summed E-state index contributed by atoms with van der Waals surface area (Å²) in [6.45, 7) is 1.25. The van der Waals surface area contributed by atoms with E-state index in [0.29, 0.717) is 31.2 Å². The number of benzene rings is 2. The number of aryl methyl sites for hydroxylation is 1. The zero-order chi connectivity index (χ0) is 22.8. The molecular weight excluding hydrogens is 460 g/mol. The highest BCUT2D eigenvalue weighted by molar-refractivity contribution is 7.89. The number of nitrogens with zero attached hydrogens (tertiary/aromatic N) is 4. The van der Waals surface area contributed by atoms with Crippen molar-refractivity contribution in [3.8, 4) is 10.7 Å². The first-order valence-corrected chi connectivity index (χ1v) is 13.0. The van der Waals surface area contributed by atoms with E-state index in [1.54, 1.807) is 17.0 Å². The van der Waals surface area contributed by atoms with E-state index in [2.05, 4.69) is 10.1 Å². The third-order valence-electron chi connectivity index (χ3n) is 5.71. The maximum atomic E-state index is 13.1. The molecule has 0 aliphatic carbocycles. The maximum Gasteiger partial charge on any atom is 0.243 e. The fourth-order valence-electron chi connectivity index (χ4n) is 3.89. The lowest BCUT2D eigenvalue weighted by Crippen LogP contribution is -2.50. The topological polar surface area (TPSA) is 96.6 Å². The zero-order valence-corrected chi connectivity index (χ0v) is 19.4. The van der Waals surface area contributed by atoms with E-state index < -0.39 is 10.0 Å². The molecule has 5 rings (SSSR count). The number of hydrogen-bond donors (Lipinski definition) is 0. The first kappa shape index (κ1) is 21.7. The molecule has 3 heterocycles. The molecule has 0 saturated carbocycles. The van der Waals surface area contributed by atoms with Crippen molar-refractivity contribution in [3.63, 3.8) is 0 Å². The van der Waals surface area contributed by atoms with Gasteiger partial charge < -0.3 is 9.42 Å². The zero-order valence-electron chi connectivity index (χ0n) is 17.8. The molecule has 0 bridgehead atoms. The van der Waals surface area contributed by atoms with Crippen LogP contribution in [0.4, 0.5) is 0 Å². The molecule has 33 heavy (non-hydrogen) atoms. The van der Waals surface area contributed by atoms with Gasteiger partial charge in [-0.2, -0.15) is 9.29 Å². The van der Waals surface area contributed by atoms with Crippen LogP contribution in [0.1, 0.15) is 12.3 Å². The number of fused-ring (bicyclic) bond motifs is 1. The quantitative estimate of drug-likeness (QED) is 0.418. The van der Waals surface area contributed by atoms with Gasteiger partial charge in [0, 0.05) is 39.0 Å². The van der Waals surface area contributed by atoms with Crippen LogP contribution in [-0.4, -0.2) is 59.8 Å². The highest BCUT2D eigenvalue weighted by atomic mass is 32.2. The van der Waals surface area contributed by atoms with Crippen molar-refractivity contribution in [2.75, 3.05) is 26.2 Å². The Morgan fingerprint density at radius 1 is 1.00 bits per heavy atom. The van der Waals surface area contributed by atoms with Gasteiger partial charge in [0.1, 0.15) is 0 Å². The van der Waals surface area contributed by atoms with Crippen molar-refractivity contribution in [3.05, 3.63) is 65.9 Å². The Kier molecular flexibility index (Phi) is 5.96. The molecule has 1 aliphatic rings. The molecule has 2 aromatic carbocycles.